The van der Waals surface area contributed by atoms with Gasteiger partial charge in [0.15, 0.2) is 0 Å². The minimum absolute atomic E-state index is 0.0268. The zero-order valence-electron chi connectivity index (χ0n) is 14.0. The highest BCUT2D eigenvalue weighted by molar-refractivity contribution is 5.96. The quantitative estimate of drug-likeness (QED) is 0.943. The Morgan fingerprint density at radius 3 is 2.62 bits per heavy atom. The largest absolute Gasteiger partial charge is 0.396 e. The monoisotopic (exact) mass is 323 g/mol. The molecule has 0 spiro atoms. The zero-order valence-corrected chi connectivity index (χ0v) is 14.0. The number of aliphatic hydroxyl groups is 1. The van der Waals surface area contributed by atoms with Crippen molar-refractivity contribution in [2.75, 3.05) is 19.7 Å². The molecule has 2 heterocycles. The average Bonchev–Trinajstić information content (AvgIpc) is 3.19. The summed E-state index contributed by atoms with van der Waals surface area (Å²) in [6.45, 7) is 5.37. The third-order valence-electron chi connectivity index (χ3n) is 4.75. The van der Waals surface area contributed by atoms with Crippen molar-refractivity contribution in [2.24, 2.45) is 5.92 Å². The zero-order chi connectivity index (χ0) is 17.3. The van der Waals surface area contributed by atoms with Crippen LogP contribution in [-0.4, -0.2) is 40.2 Å². The topological polar surface area (TPSA) is 69.3 Å². The lowest BCUT2D eigenvalue weighted by Gasteiger charge is -2.16. The average molecular weight is 323 g/mol. The Balaban J connectivity index is 1.91. The molecular formula is C19H21N3O2. The molecule has 5 nitrogen and oxygen atoms in total. The Morgan fingerprint density at radius 2 is 2.04 bits per heavy atom. The van der Waals surface area contributed by atoms with Crippen LogP contribution < -0.4 is 0 Å². The Hall–Kier alpha value is -2.58. The van der Waals surface area contributed by atoms with Crippen molar-refractivity contribution in [3.63, 3.8) is 0 Å². The number of rotatable bonds is 3. The number of aromatic nitrogens is 1. The van der Waals surface area contributed by atoms with Gasteiger partial charge < -0.3 is 14.6 Å². The van der Waals surface area contributed by atoms with E-state index in [0.717, 1.165) is 23.5 Å². The van der Waals surface area contributed by atoms with Gasteiger partial charge in [0.05, 0.1) is 17.2 Å². The lowest BCUT2D eigenvalue weighted by atomic mass is 10.1. The lowest BCUT2D eigenvalue weighted by Crippen LogP contribution is -2.29. The third-order valence-corrected chi connectivity index (χ3v) is 4.75. The lowest BCUT2D eigenvalue weighted by molar-refractivity contribution is 0.0781. The highest BCUT2D eigenvalue weighted by Crippen LogP contribution is 2.25. The van der Waals surface area contributed by atoms with E-state index >= 15 is 0 Å². The Morgan fingerprint density at radius 1 is 1.33 bits per heavy atom. The van der Waals surface area contributed by atoms with Crippen LogP contribution in [0.4, 0.5) is 0 Å². The summed E-state index contributed by atoms with van der Waals surface area (Å²) in [5.41, 5.74) is 4.14. The minimum Gasteiger partial charge on any atom is -0.396 e. The molecule has 5 heteroatoms. The molecule has 1 fully saturated rings. The third kappa shape index (κ3) is 2.81. The van der Waals surface area contributed by atoms with Gasteiger partial charge in [0.1, 0.15) is 0 Å². The van der Waals surface area contributed by atoms with Gasteiger partial charge in [-0.3, -0.25) is 4.79 Å². The maximum Gasteiger partial charge on any atom is 0.255 e. The Kier molecular flexibility index (Phi) is 4.41. The van der Waals surface area contributed by atoms with Gasteiger partial charge in [-0.15, -0.1) is 0 Å². The fourth-order valence-electron chi connectivity index (χ4n) is 3.40. The van der Waals surface area contributed by atoms with Crippen LogP contribution in [0.3, 0.4) is 0 Å². The molecular weight excluding hydrogens is 302 g/mol. The van der Waals surface area contributed by atoms with Gasteiger partial charge >= 0.3 is 0 Å². The number of hydrogen-bond acceptors (Lipinski definition) is 3. The number of hydrogen-bond donors (Lipinski definition) is 1. The van der Waals surface area contributed by atoms with Crippen LogP contribution in [0.1, 0.15) is 33.7 Å². The summed E-state index contributed by atoms with van der Waals surface area (Å²) >= 11 is 0. The van der Waals surface area contributed by atoms with Gasteiger partial charge in [-0.05, 0) is 50.6 Å². The van der Waals surface area contributed by atoms with Crippen LogP contribution in [0.2, 0.25) is 0 Å². The maximum atomic E-state index is 12.8. The van der Waals surface area contributed by atoms with E-state index in [1.807, 2.05) is 41.5 Å². The first-order valence-corrected chi connectivity index (χ1v) is 8.14. The van der Waals surface area contributed by atoms with Crippen molar-refractivity contribution in [3.05, 3.63) is 52.8 Å². The highest BCUT2D eigenvalue weighted by Gasteiger charge is 2.28. The van der Waals surface area contributed by atoms with E-state index in [1.54, 1.807) is 12.1 Å². The van der Waals surface area contributed by atoms with Gasteiger partial charge in [-0.1, -0.05) is 0 Å². The summed E-state index contributed by atoms with van der Waals surface area (Å²) in [6.07, 6.45) is 0.858. The summed E-state index contributed by atoms with van der Waals surface area (Å²) in [6, 6.07) is 11.4. The second-order valence-electron chi connectivity index (χ2n) is 6.37. The maximum absolute atomic E-state index is 12.8. The number of aliphatic hydroxyl groups excluding tert-OH is 1. The normalized spacial score (nSPS) is 17.1. The number of nitriles is 1. The van der Waals surface area contributed by atoms with Crippen LogP contribution in [0.25, 0.3) is 5.69 Å². The van der Waals surface area contributed by atoms with Crippen molar-refractivity contribution in [3.8, 4) is 11.8 Å². The standard InChI is InChI=1S/C19H21N3O2/c1-13-9-18(19(24)21-8-7-16(11-21)12-23)14(2)22(13)17-5-3-15(10-20)4-6-17/h3-6,9,16,23H,7-8,11-12H2,1-2H3. The second-order valence-corrected chi connectivity index (χ2v) is 6.37. The van der Waals surface area contributed by atoms with Gasteiger partial charge in [-0.25, -0.2) is 0 Å². The van der Waals surface area contributed by atoms with Gasteiger partial charge in [-0.2, -0.15) is 5.26 Å². The van der Waals surface area contributed by atoms with E-state index in [1.165, 1.54) is 0 Å². The number of aryl methyl sites for hydroxylation is 1. The molecule has 1 aromatic heterocycles. The molecule has 1 aliphatic heterocycles. The van der Waals surface area contributed by atoms with Gasteiger partial charge in [0, 0.05) is 42.7 Å². The first-order valence-electron chi connectivity index (χ1n) is 8.14. The molecule has 3 rings (SSSR count). The first-order chi connectivity index (χ1) is 11.5. The predicted octanol–water partition coefficient (Wildman–Crippen LogP) is 2.42. The number of amides is 1. The molecule has 1 saturated heterocycles. The Labute approximate surface area is 141 Å². The molecule has 2 aromatic rings. The van der Waals surface area contributed by atoms with Crippen molar-refractivity contribution < 1.29 is 9.90 Å². The molecule has 1 aromatic carbocycles. The molecule has 0 aliphatic carbocycles. The highest BCUT2D eigenvalue weighted by atomic mass is 16.3. The molecule has 1 atom stereocenters. The van der Waals surface area contributed by atoms with Crippen molar-refractivity contribution >= 4 is 5.91 Å². The number of carbonyl (C=O) groups is 1. The summed E-state index contributed by atoms with van der Waals surface area (Å²) in [5.74, 6) is 0.218. The van der Waals surface area contributed by atoms with E-state index in [-0.39, 0.29) is 18.4 Å². The number of carbonyl (C=O) groups excluding carboxylic acids is 1. The second kappa shape index (κ2) is 6.50. The molecule has 1 unspecified atom stereocenters. The van der Waals surface area contributed by atoms with Crippen molar-refractivity contribution in [2.45, 2.75) is 20.3 Å². The van der Waals surface area contributed by atoms with Crippen LogP contribution in [0.5, 0.6) is 0 Å². The number of nitrogens with zero attached hydrogens (tertiary/aromatic N) is 3. The van der Waals surface area contributed by atoms with Gasteiger partial charge in [0.2, 0.25) is 0 Å². The van der Waals surface area contributed by atoms with Gasteiger partial charge in [0.25, 0.3) is 5.91 Å². The molecule has 124 valence electrons. The predicted molar refractivity (Wildman–Crippen MR) is 91.1 cm³/mol. The van der Waals surface area contributed by atoms with Crippen LogP contribution in [0.15, 0.2) is 30.3 Å². The van der Waals surface area contributed by atoms with E-state index in [9.17, 15) is 9.90 Å². The number of benzene rings is 1. The van der Waals surface area contributed by atoms with Crippen LogP contribution >= 0.6 is 0 Å². The fourth-order valence-corrected chi connectivity index (χ4v) is 3.40. The minimum atomic E-state index is 0.0268. The Bertz CT molecular complexity index is 799. The van der Waals surface area contributed by atoms with E-state index in [2.05, 4.69) is 6.07 Å². The molecule has 1 N–H and O–H groups in total. The van der Waals surface area contributed by atoms with Crippen molar-refractivity contribution in [1.82, 2.24) is 9.47 Å². The summed E-state index contributed by atoms with van der Waals surface area (Å²) in [5, 5.41) is 18.2. The molecule has 0 saturated carbocycles. The smallest absolute Gasteiger partial charge is 0.255 e. The fraction of sp³-hybridized carbons (Fsp3) is 0.368. The number of likely N-dealkylation sites (tertiary alicyclic amines) is 1. The molecule has 24 heavy (non-hydrogen) atoms. The molecule has 0 bridgehead atoms. The van der Waals surface area contributed by atoms with E-state index in [0.29, 0.717) is 24.2 Å². The summed E-state index contributed by atoms with van der Waals surface area (Å²) < 4.78 is 2.04. The SMILES string of the molecule is Cc1cc(C(=O)N2CCC(CO)C2)c(C)n1-c1ccc(C#N)cc1. The van der Waals surface area contributed by atoms with E-state index < -0.39 is 0 Å². The summed E-state index contributed by atoms with van der Waals surface area (Å²) in [4.78, 5) is 14.6. The van der Waals surface area contributed by atoms with Crippen LogP contribution in [-0.2, 0) is 0 Å². The molecule has 1 aliphatic rings. The summed E-state index contributed by atoms with van der Waals surface area (Å²) in [7, 11) is 0. The van der Waals surface area contributed by atoms with E-state index in [4.69, 9.17) is 5.26 Å². The molecule has 0 radical (unpaired) electrons. The van der Waals surface area contributed by atoms with Crippen molar-refractivity contribution in [1.29, 1.82) is 5.26 Å². The molecule has 1 amide bonds. The first kappa shape index (κ1) is 16.3. The van der Waals surface area contributed by atoms with Crippen LogP contribution in [0, 0.1) is 31.1 Å².